The maximum atomic E-state index is 12.4. The molecule has 1 aliphatic heterocycles. The van der Waals surface area contributed by atoms with Crippen molar-refractivity contribution >= 4 is 41.0 Å². The van der Waals surface area contributed by atoms with E-state index in [-0.39, 0.29) is 23.7 Å². The molecule has 1 heterocycles. The molecule has 1 saturated carbocycles. The van der Waals surface area contributed by atoms with Gasteiger partial charge in [0, 0.05) is 10.7 Å². The first kappa shape index (κ1) is 19.4. The van der Waals surface area contributed by atoms with Crippen molar-refractivity contribution in [3.63, 3.8) is 0 Å². The first-order chi connectivity index (χ1) is 12.9. The number of hydrogen-bond donors (Lipinski definition) is 1. The Labute approximate surface area is 162 Å². The third kappa shape index (κ3) is 4.30. The summed E-state index contributed by atoms with van der Waals surface area (Å²) in [5, 5.41) is 3.14. The fraction of sp³-hybridized carbons (Fsp3) is 0.474. The van der Waals surface area contributed by atoms with Gasteiger partial charge < -0.3 is 10.1 Å². The molecule has 0 aromatic heterocycles. The summed E-state index contributed by atoms with van der Waals surface area (Å²) in [4.78, 5) is 50.0. The third-order valence-corrected chi connectivity index (χ3v) is 5.26. The molecule has 3 atom stereocenters. The number of rotatable bonds is 5. The van der Waals surface area contributed by atoms with E-state index in [0.717, 1.165) is 17.7 Å². The average Bonchev–Trinajstić information content (AvgIpc) is 2.89. The number of halogens is 1. The molecule has 1 aromatic rings. The molecule has 8 heteroatoms. The minimum absolute atomic E-state index is 0.306. The number of carbonyl (C=O) groups is 4. The lowest BCUT2D eigenvalue weighted by molar-refractivity contribution is -0.158. The van der Waals surface area contributed by atoms with Crippen molar-refractivity contribution in [3.8, 4) is 0 Å². The highest BCUT2D eigenvalue weighted by molar-refractivity contribution is 6.30. The van der Waals surface area contributed by atoms with Crippen LogP contribution in [0.5, 0.6) is 0 Å². The number of fused-ring (bicyclic) bond motifs is 1. The van der Waals surface area contributed by atoms with Crippen molar-refractivity contribution < 1.29 is 23.9 Å². The van der Waals surface area contributed by atoms with Crippen LogP contribution in [0.1, 0.15) is 32.6 Å². The molecule has 0 unspecified atom stereocenters. The second-order valence-electron chi connectivity index (χ2n) is 6.89. The summed E-state index contributed by atoms with van der Waals surface area (Å²) in [6.45, 7) is 0.972. The van der Waals surface area contributed by atoms with Crippen molar-refractivity contribution in [3.05, 3.63) is 29.3 Å². The molecule has 144 valence electrons. The molecule has 27 heavy (non-hydrogen) atoms. The molecule has 3 amide bonds. The van der Waals surface area contributed by atoms with Gasteiger partial charge in [0.15, 0.2) is 6.10 Å². The van der Waals surface area contributed by atoms with Crippen LogP contribution in [-0.4, -0.2) is 41.2 Å². The van der Waals surface area contributed by atoms with E-state index in [4.69, 9.17) is 16.3 Å². The van der Waals surface area contributed by atoms with Crippen LogP contribution in [0.15, 0.2) is 24.3 Å². The van der Waals surface area contributed by atoms with Crippen LogP contribution in [-0.2, 0) is 23.9 Å². The summed E-state index contributed by atoms with van der Waals surface area (Å²) in [7, 11) is 0. The highest BCUT2D eigenvalue weighted by Crippen LogP contribution is 2.37. The first-order valence-corrected chi connectivity index (χ1v) is 9.35. The van der Waals surface area contributed by atoms with Gasteiger partial charge in [0.2, 0.25) is 11.8 Å². The number of carbonyl (C=O) groups excluding carboxylic acids is 4. The molecular formula is C19H21ClN2O5. The molecule has 1 saturated heterocycles. The summed E-state index contributed by atoms with van der Waals surface area (Å²) in [5.41, 5.74) is 0.515. The van der Waals surface area contributed by atoms with Crippen LogP contribution in [0, 0.1) is 11.8 Å². The fourth-order valence-electron chi connectivity index (χ4n) is 3.58. The number of anilines is 1. The SMILES string of the molecule is C[C@H](OC(=O)CN1C(=O)[C@H]2CCCC[C@@H]2C1=O)C(=O)Nc1ccc(Cl)cc1. The first-order valence-electron chi connectivity index (χ1n) is 8.98. The Morgan fingerprint density at radius 1 is 1.15 bits per heavy atom. The Hall–Kier alpha value is -2.41. The number of ether oxygens (including phenoxy) is 1. The van der Waals surface area contributed by atoms with Crippen molar-refractivity contribution in [1.82, 2.24) is 4.90 Å². The topological polar surface area (TPSA) is 92.8 Å². The molecule has 1 N–H and O–H groups in total. The zero-order chi connectivity index (χ0) is 19.6. The molecule has 0 bridgehead atoms. The van der Waals surface area contributed by atoms with Crippen LogP contribution in [0.3, 0.4) is 0 Å². The highest BCUT2D eigenvalue weighted by atomic mass is 35.5. The van der Waals surface area contributed by atoms with E-state index in [1.54, 1.807) is 24.3 Å². The number of nitrogens with one attached hydrogen (secondary N) is 1. The molecule has 2 fully saturated rings. The van der Waals surface area contributed by atoms with E-state index >= 15 is 0 Å². The Kier molecular flexibility index (Phi) is 5.79. The number of benzene rings is 1. The van der Waals surface area contributed by atoms with Gasteiger partial charge in [-0.05, 0) is 44.0 Å². The van der Waals surface area contributed by atoms with E-state index in [1.165, 1.54) is 6.92 Å². The van der Waals surface area contributed by atoms with Crippen LogP contribution in [0.4, 0.5) is 5.69 Å². The quantitative estimate of drug-likeness (QED) is 0.613. The molecule has 0 radical (unpaired) electrons. The normalized spacial score (nSPS) is 23.0. The van der Waals surface area contributed by atoms with Gasteiger partial charge >= 0.3 is 5.97 Å². The van der Waals surface area contributed by atoms with E-state index < -0.39 is 24.5 Å². The Morgan fingerprint density at radius 2 is 1.70 bits per heavy atom. The Balaban J connectivity index is 1.53. The Morgan fingerprint density at radius 3 is 2.26 bits per heavy atom. The number of hydrogen-bond acceptors (Lipinski definition) is 5. The second-order valence-corrected chi connectivity index (χ2v) is 7.32. The molecule has 1 aliphatic carbocycles. The van der Waals surface area contributed by atoms with Gasteiger partial charge in [0.25, 0.3) is 5.91 Å². The van der Waals surface area contributed by atoms with Crippen LogP contribution < -0.4 is 5.32 Å². The molecule has 1 aromatic carbocycles. The number of amides is 3. The van der Waals surface area contributed by atoms with Crippen molar-refractivity contribution in [2.24, 2.45) is 11.8 Å². The molecule has 7 nitrogen and oxygen atoms in total. The van der Waals surface area contributed by atoms with Gasteiger partial charge in [0.1, 0.15) is 6.54 Å². The summed E-state index contributed by atoms with van der Waals surface area (Å²) >= 11 is 5.79. The van der Waals surface area contributed by atoms with Crippen molar-refractivity contribution in [2.45, 2.75) is 38.7 Å². The molecule has 2 aliphatic rings. The van der Waals surface area contributed by atoms with Gasteiger partial charge in [-0.1, -0.05) is 24.4 Å². The predicted octanol–water partition coefficient (Wildman–Crippen LogP) is 2.39. The lowest BCUT2D eigenvalue weighted by Gasteiger charge is -2.19. The summed E-state index contributed by atoms with van der Waals surface area (Å²) < 4.78 is 5.10. The number of nitrogens with zero attached hydrogens (tertiary/aromatic N) is 1. The van der Waals surface area contributed by atoms with Gasteiger partial charge in [-0.2, -0.15) is 0 Å². The maximum Gasteiger partial charge on any atom is 0.326 e. The smallest absolute Gasteiger partial charge is 0.326 e. The highest BCUT2D eigenvalue weighted by Gasteiger charge is 2.48. The standard InChI is InChI=1S/C19H21ClN2O5/c1-11(17(24)21-13-8-6-12(20)7-9-13)27-16(23)10-22-18(25)14-4-2-3-5-15(14)19(22)26/h6-9,11,14-15H,2-5,10H2,1H3,(H,21,24)/t11-,14-,15-/m0/s1. The monoisotopic (exact) mass is 392 g/mol. The fourth-order valence-corrected chi connectivity index (χ4v) is 3.71. The molecular weight excluding hydrogens is 372 g/mol. The van der Waals surface area contributed by atoms with Gasteiger partial charge in [0.05, 0.1) is 11.8 Å². The third-order valence-electron chi connectivity index (χ3n) is 5.01. The average molecular weight is 393 g/mol. The van der Waals surface area contributed by atoms with Crippen LogP contribution >= 0.6 is 11.6 Å². The van der Waals surface area contributed by atoms with Crippen LogP contribution in [0.2, 0.25) is 5.02 Å². The Bertz CT molecular complexity index is 740. The molecule has 0 spiro atoms. The van der Waals surface area contributed by atoms with Gasteiger partial charge in [-0.15, -0.1) is 0 Å². The summed E-state index contributed by atoms with van der Waals surface area (Å²) in [6.07, 6.45) is 2.13. The zero-order valence-corrected chi connectivity index (χ0v) is 15.7. The minimum Gasteiger partial charge on any atom is -0.451 e. The minimum atomic E-state index is -1.07. The van der Waals surface area contributed by atoms with E-state index in [0.29, 0.717) is 23.6 Å². The second kappa shape index (κ2) is 8.08. The summed E-state index contributed by atoms with van der Waals surface area (Å²) in [6, 6.07) is 6.49. The largest absolute Gasteiger partial charge is 0.451 e. The van der Waals surface area contributed by atoms with Gasteiger partial charge in [-0.3, -0.25) is 24.1 Å². The molecule has 3 rings (SSSR count). The van der Waals surface area contributed by atoms with Gasteiger partial charge in [-0.25, -0.2) is 0 Å². The van der Waals surface area contributed by atoms with Crippen LogP contribution in [0.25, 0.3) is 0 Å². The van der Waals surface area contributed by atoms with Crippen molar-refractivity contribution in [1.29, 1.82) is 0 Å². The predicted molar refractivity (Wildman–Crippen MR) is 97.8 cm³/mol. The van der Waals surface area contributed by atoms with E-state index in [9.17, 15) is 19.2 Å². The lowest BCUT2D eigenvalue weighted by atomic mass is 9.81. The number of esters is 1. The number of imide groups is 1. The van der Waals surface area contributed by atoms with E-state index in [2.05, 4.69) is 5.32 Å². The maximum absolute atomic E-state index is 12.4. The van der Waals surface area contributed by atoms with E-state index in [1.807, 2.05) is 0 Å². The summed E-state index contributed by atoms with van der Waals surface area (Å²) in [5.74, 6) is -2.54. The lowest BCUT2D eigenvalue weighted by Crippen LogP contribution is -2.39. The van der Waals surface area contributed by atoms with Crippen molar-refractivity contribution in [2.75, 3.05) is 11.9 Å². The zero-order valence-electron chi connectivity index (χ0n) is 14.9. The number of likely N-dealkylation sites (tertiary alicyclic amines) is 1.